The number of amides is 3. The number of nitrogens with one attached hydrogen (secondary N) is 1. The molecule has 1 N–H and O–H groups in total. The van der Waals surface area contributed by atoms with E-state index < -0.39 is 0 Å². The van der Waals surface area contributed by atoms with Crippen LogP contribution in [0.1, 0.15) is 34.6 Å². The summed E-state index contributed by atoms with van der Waals surface area (Å²) in [6, 6.07) is 7.11. The zero-order chi connectivity index (χ0) is 27.1. The Kier molecular flexibility index (Phi) is 6.32. The molecule has 10 nitrogen and oxygen atoms in total. The lowest BCUT2D eigenvalue weighted by molar-refractivity contribution is 0.102. The van der Waals surface area contributed by atoms with Crippen LogP contribution in [0.5, 0.6) is 5.75 Å². The number of anilines is 2. The third-order valence-corrected chi connectivity index (χ3v) is 7.47. The number of carbonyl (C=O) groups is 2. The van der Waals surface area contributed by atoms with E-state index >= 15 is 0 Å². The number of fused-ring (bicyclic) bond motifs is 1. The van der Waals surface area contributed by atoms with E-state index in [1.54, 1.807) is 48.5 Å². The standard InChI is InChI=1S/C28H25N7O3S/c1-16-12-22(23(38-3)15-29-16)21-13-19(35-11-10-34(2)28(35)37)8-9-20(21)25(36)33-27-32-24-26(39-27)31-18(14-30-24)7-6-17-4-5-17/h8-9,12-15,17H,4-5,10-11H2,1-3H3,(H,30,32,33,36). The molecule has 4 heterocycles. The maximum absolute atomic E-state index is 13.6. The number of urea groups is 1. The normalized spacial score (nSPS) is 14.9. The predicted molar refractivity (Wildman–Crippen MR) is 149 cm³/mol. The molecule has 0 radical (unpaired) electrons. The van der Waals surface area contributed by atoms with Crippen molar-refractivity contribution in [2.45, 2.75) is 19.8 Å². The Bertz CT molecular complexity index is 1690. The largest absolute Gasteiger partial charge is 0.494 e. The SMILES string of the molecule is COc1cnc(C)cc1-c1cc(N2CCN(C)C2=O)ccc1C(=O)Nc1nc2ncc(C#CC3CC3)nc2s1. The Labute approximate surface area is 229 Å². The molecule has 0 atom stereocenters. The zero-order valence-corrected chi connectivity index (χ0v) is 22.5. The van der Waals surface area contributed by atoms with Crippen molar-refractivity contribution in [3.05, 3.63) is 53.6 Å². The van der Waals surface area contributed by atoms with Gasteiger partial charge in [0.05, 0.1) is 19.5 Å². The quantitative estimate of drug-likeness (QED) is 0.375. The van der Waals surface area contributed by atoms with Crippen molar-refractivity contribution in [2.75, 3.05) is 37.5 Å². The van der Waals surface area contributed by atoms with Crippen molar-refractivity contribution in [2.24, 2.45) is 5.92 Å². The van der Waals surface area contributed by atoms with Crippen molar-refractivity contribution >= 4 is 44.6 Å². The highest BCUT2D eigenvalue weighted by Gasteiger charge is 2.28. The van der Waals surface area contributed by atoms with E-state index in [9.17, 15) is 9.59 Å². The first-order valence-corrected chi connectivity index (χ1v) is 13.4. The van der Waals surface area contributed by atoms with E-state index in [-0.39, 0.29) is 11.9 Å². The van der Waals surface area contributed by atoms with Crippen molar-refractivity contribution in [3.8, 4) is 28.7 Å². The number of benzene rings is 1. The van der Waals surface area contributed by atoms with E-state index in [1.165, 1.54) is 11.3 Å². The fraction of sp³-hybridized carbons (Fsp3) is 0.286. The molecular formula is C28H25N7O3S. The number of thiazole rings is 1. The Morgan fingerprint density at radius 2 is 1.97 bits per heavy atom. The summed E-state index contributed by atoms with van der Waals surface area (Å²) < 4.78 is 5.58. The third-order valence-electron chi connectivity index (χ3n) is 6.62. The van der Waals surface area contributed by atoms with Crippen LogP contribution in [-0.2, 0) is 0 Å². The summed E-state index contributed by atoms with van der Waals surface area (Å²) in [6.45, 7) is 3.06. The molecule has 0 bridgehead atoms. The molecule has 0 unspecified atom stereocenters. The average Bonchev–Trinajstić information content (AvgIpc) is 3.60. The molecule has 6 rings (SSSR count). The molecule has 2 aliphatic rings. The van der Waals surface area contributed by atoms with Gasteiger partial charge in [-0.1, -0.05) is 17.3 Å². The molecule has 11 heteroatoms. The van der Waals surface area contributed by atoms with Gasteiger partial charge in [0, 0.05) is 54.1 Å². The molecule has 1 saturated carbocycles. The molecule has 196 valence electrons. The van der Waals surface area contributed by atoms with Crippen LogP contribution in [0, 0.1) is 24.7 Å². The molecule has 1 aliphatic heterocycles. The third kappa shape index (κ3) is 4.98. The van der Waals surface area contributed by atoms with Gasteiger partial charge in [-0.25, -0.2) is 14.8 Å². The van der Waals surface area contributed by atoms with E-state index in [0.717, 1.165) is 18.5 Å². The van der Waals surface area contributed by atoms with Gasteiger partial charge >= 0.3 is 6.03 Å². The fourth-order valence-corrected chi connectivity index (χ4v) is 5.12. The molecule has 3 aromatic heterocycles. The van der Waals surface area contributed by atoms with Gasteiger partial charge in [-0.3, -0.25) is 20.0 Å². The van der Waals surface area contributed by atoms with Crippen LogP contribution in [0.4, 0.5) is 15.6 Å². The van der Waals surface area contributed by atoms with E-state index in [2.05, 4.69) is 37.1 Å². The lowest BCUT2D eigenvalue weighted by Crippen LogP contribution is -2.29. The number of likely N-dealkylation sites (N-methyl/N-ethyl adjacent to an activating group) is 1. The predicted octanol–water partition coefficient (Wildman–Crippen LogP) is 4.35. The van der Waals surface area contributed by atoms with Crippen molar-refractivity contribution < 1.29 is 14.3 Å². The number of rotatable bonds is 5. The minimum absolute atomic E-state index is 0.0910. The average molecular weight is 540 g/mol. The number of hydrogen-bond acceptors (Lipinski definition) is 8. The van der Waals surface area contributed by atoms with Gasteiger partial charge in [-0.15, -0.1) is 0 Å². The molecule has 1 aromatic carbocycles. The monoisotopic (exact) mass is 539 g/mol. The van der Waals surface area contributed by atoms with Crippen LogP contribution in [0.25, 0.3) is 21.6 Å². The highest BCUT2D eigenvalue weighted by molar-refractivity contribution is 7.21. The summed E-state index contributed by atoms with van der Waals surface area (Å²) in [7, 11) is 3.33. The lowest BCUT2D eigenvalue weighted by atomic mass is 9.97. The number of aromatic nitrogens is 4. The highest BCUT2D eigenvalue weighted by atomic mass is 32.1. The first kappa shape index (κ1) is 24.8. The van der Waals surface area contributed by atoms with Gasteiger partial charge in [0.1, 0.15) is 11.4 Å². The van der Waals surface area contributed by atoms with Crippen LogP contribution in [0.2, 0.25) is 0 Å². The van der Waals surface area contributed by atoms with Crippen LogP contribution >= 0.6 is 11.3 Å². The molecule has 39 heavy (non-hydrogen) atoms. The Hall–Kier alpha value is -4.56. The number of aryl methyl sites for hydroxylation is 1. The fourth-order valence-electron chi connectivity index (χ4n) is 4.33. The molecule has 0 spiro atoms. The van der Waals surface area contributed by atoms with E-state index in [0.29, 0.717) is 68.4 Å². The summed E-state index contributed by atoms with van der Waals surface area (Å²) in [5.41, 5.74) is 4.22. The van der Waals surface area contributed by atoms with Crippen LogP contribution in [0.15, 0.2) is 36.7 Å². The number of carbonyl (C=O) groups excluding carboxylic acids is 2. The van der Waals surface area contributed by atoms with Gasteiger partial charge in [0.25, 0.3) is 5.91 Å². The van der Waals surface area contributed by atoms with Gasteiger partial charge in [0.2, 0.25) is 0 Å². The summed E-state index contributed by atoms with van der Waals surface area (Å²) in [5.74, 6) is 6.88. The minimum Gasteiger partial charge on any atom is -0.494 e. The smallest absolute Gasteiger partial charge is 0.324 e. The Morgan fingerprint density at radius 3 is 2.72 bits per heavy atom. The first-order valence-electron chi connectivity index (χ1n) is 12.5. The van der Waals surface area contributed by atoms with Crippen LogP contribution in [-0.4, -0.2) is 64.0 Å². The second-order valence-electron chi connectivity index (χ2n) is 9.51. The van der Waals surface area contributed by atoms with Crippen molar-refractivity contribution in [1.82, 2.24) is 24.8 Å². The molecule has 4 aromatic rings. The number of pyridine rings is 1. The van der Waals surface area contributed by atoms with E-state index in [1.807, 2.05) is 19.1 Å². The molecule has 2 fully saturated rings. The van der Waals surface area contributed by atoms with E-state index in [4.69, 9.17) is 4.74 Å². The topological polar surface area (TPSA) is 113 Å². The Morgan fingerprint density at radius 1 is 1.13 bits per heavy atom. The number of ether oxygens (including phenoxy) is 1. The summed E-state index contributed by atoms with van der Waals surface area (Å²) in [5, 5.41) is 3.28. The maximum atomic E-state index is 13.6. The number of methoxy groups -OCH3 is 1. The highest BCUT2D eigenvalue weighted by Crippen LogP contribution is 2.36. The van der Waals surface area contributed by atoms with Crippen molar-refractivity contribution in [3.63, 3.8) is 0 Å². The van der Waals surface area contributed by atoms with Gasteiger partial charge in [-0.2, -0.15) is 4.98 Å². The second kappa shape index (κ2) is 9.96. The number of hydrogen-bond donors (Lipinski definition) is 1. The van der Waals surface area contributed by atoms with Crippen LogP contribution < -0.4 is 15.0 Å². The van der Waals surface area contributed by atoms with Crippen LogP contribution in [0.3, 0.4) is 0 Å². The van der Waals surface area contributed by atoms with Gasteiger partial charge in [-0.05, 0) is 50.0 Å². The minimum atomic E-state index is -0.356. The first-order chi connectivity index (χ1) is 18.9. The molecular weight excluding hydrogens is 514 g/mol. The van der Waals surface area contributed by atoms with Crippen molar-refractivity contribution in [1.29, 1.82) is 0 Å². The Balaban J connectivity index is 1.36. The molecule has 1 saturated heterocycles. The molecule has 3 amide bonds. The summed E-state index contributed by atoms with van der Waals surface area (Å²) in [4.78, 5) is 48.0. The summed E-state index contributed by atoms with van der Waals surface area (Å²) in [6.07, 6.45) is 5.51. The van der Waals surface area contributed by atoms with Gasteiger partial charge < -0.3 is 9.64 Å². The molecule has 1 aliphatic carbocycles. The second-order valence-corrected chi connectivity index (χ2v) is 10.5. The number of nitrogens with zero attached hydrogens (tertiary/aromatic N) is 6. The van der Waals surface area contributed by atoms with Gasteiger partial charge in [0.15, 0.2) is 15.6 Å². The zero-order valence-electron chi connectivity index (χ0n) is 21.7. The summed E-state index contributed by atoms with van der Waals surface area (Å²) >= 11 is 1.24. The maximum Gasteiger partial charge on any atom is 0.324 e. The lowest BCUT2D eigenvalue weighted by Gasteiger charge is -2.19.